The molecule has 194 valence electrons. The number of aryl methyl sites for hydroxylation is 1. The standard InChI is InChI=1S/C32H38N2O3/c1-24-10-8-11-25(22-24)28-14-6-7-15-29(28)31(37)33-27-16-20-34(21-17-27)19-9-18-32(2,23-30(35)36)26-12-4-3-5-13-26/h3-8,10-15,22,27H,9,16-21,23H2,1-2H3,(H,33,37)(H,35,36). The molecule has 1 heterocycles. The second-order valence-electron chi connectivity index (χ2n) is 10.6. The van der Waals surface area contributed by atoms with E-state index in [1.54, 1.807) is 0 Å². The fourth-order valence-electron chi connectivity index (χ4n) is 5.51. The van der Waals surface area contributed by atoms with Crippen LogP contribution in [-0.4, -0.2) is 47.6 Å². The lowest BCUT2D eigenvalue weighted by molar-refractivity contribution is -0.138. The number of carboxylic acid groups (broad SMARTS) is 1. The molecule has 3 aromatic rings. The van der Waals surface area contributed by atoms with Crippen LogP contribution in [-0.2, 0) is 10.2 Å². The minimum absolute atomic E-state index is 0.0112. The lowest BCUT2D eigenvalue weighted by Gasteiger charge is -2.34. The average Bonchev–Trinajstić information content (AvgIpc) is 2.90. The molecule has 0 aliphatic carbocycles. The van der Waals surface area contributed by atoms with E-state index in [9.17, 15) is 14.7 Å². The summed E-state index contributed by atoms with van der Waals surface area (Å²) in [6.45, 7) is 6.94. The Balaban J connectivity index is 1.29. The van der Waals surface area contributed by atoms with E-state index in [1.807, 2.05) is 60.7 Å². The number of likely N-dealkylation sites (tertiary alicyclic amines) is 1. The zero-order chi connectivity index (χ0) is 26.3. The molecule has 1 aliphatic rings. The van der Waals surface area contributed by atoms with Crippen LogP contribution >= 0.6 is 0 Å². The third kappa shape index (κ3) is 7.07. The number of nitrogens with one attached hydrogen (secondary N) is 1. The van der Waals surface area contributed by atoms with Crippen molar-refractivity contribution in [3.63, 3.8) is 0 Å². The number of aliphatic carboxylic acids is 1. The number of carbonyl (C=O) groups excluding carboxylic acids is 1. The maximum Gasteiger partial charge on any atom is 0.304 e. The summed E-state index contributed by atoms with van der Waals surface area (Å²) in [6.07, 6.45) is 3.75. The molecule has 2 N–H and O–H groups in total. The monoisotopic (exact) mass is 498 g/mol. The third-order valence-corrected chi connectivity index (χ3v) is 7.64. The Morgan fingerprint density at radius 1 is 0.973 bits per heavy atom. The van der Waals surface area contributed by atoms with Gasteiger partial charge in [-0.3, -0.25) is 9.59 Å². The molecule has 37 heavy (non-hydrogen) atoms. The van der Waals surface area contributed by atoms with E-state index in [4.69, 9.17) is 0 Å². The van der Waals surface area contributed by atoms with Gasteiger partial charge in [0.05, 0.1) is 6.42 Å². The summed E-state index contributed by atoms with van der Waals surface area (Å²) in [7, 11) is 0. The van der Waals surface area contributed by atoms with Gasteiger partial charge in [0, 0.05) is 30.1 Å². The van der Waals surface area contributed by atoms with Crippen LogP contribution in [0.1, 0.15) is 60.5 Å². The third-order valence-electron chi connectivity index (χ3n) is 7.64. The Morgan fingerprint density at radius 2 is 1.68 bits per heavy atom. The maximum atomic E-state index is 13.2. The van der Waals surface area contributed by atoms with Gasteiger partial charge < -0.3 is 15.3 Å². The van der Waals surface area contributed by atoms with Crippen LogP contribution in [0.15, 0.2) is 78.9 Å². The minimum atomic E-state index is -0.758. The van der Waals surface area contributed by atoms with Crippen molar-refractivity contribution in [1.29, 1.82) is 0 Å². The van der Waals surface area contributed by atoms with E-state index in [2.05, 4.69) is 42.3 Å². The molecule has 0 spiro atoms. The lowest BCUT2D eigenvalue weighted by Crippen LogP contribution is -2.45. The van der Waals surface area contributed by atoms with Crippen LogP contribution in [0.5, 0.6) is 0 Å². The first-order valence-electron chi connectivity index (χ1n) is 13.3. The number of nitrogens with zero attached hydrogens (tertiary/aromatic N) is 1. The SMILES string of the molecule is Cc1cccc(-c2ccccc2C(=O)NC2CCN(CCCC(C)(CC(=O)O)c3ccccc3)CC2)c1. The zero-order valence-electron chi connectivity index (χ0n) is 22.0. The Hall–Kier alpha value is -3.44. The van der Waals surface area contributed by atoms with Crippen LogP contribution in [0.3, 0.4) is 0 Å². The van der Waals surface area contributed by atoms with E-state index in [1.165, 1.54) is 5.56 Å². The van der Waals surface area contributed by atoms with Gasteiger partial charge in [0.25, 0.3) is 5.91 Å². The van der Waals surface area contributed by atoms with Crippen molar-refractivity contribution in [2.24, 2.45) is 0 Å². The van der Waals surface area contributed by atoms with Gasteiger partial charge >= 0.3 is 5.97 Å². The van der Waals surface area contributed by atoms with Gasteiger partial charge in [0.1, 0.15) is 0 Å². The summed E-state index contributed by atoms with van der Waals surface area (Å²) >= 11 is 0. The molecule has 1 saturated heterocycles. The summed E-state index contributed by atoms with van der Waals surface area (Å²) in [5.41, 5.74) is 4.63. The maximum absolute atomic E-state index is 13.2. The van der Waals surface area contributed by atoms with Gasteiger partial charge in [0.2, 0.25) is 0 Å². The predicted octanol–water partition coefficient (Wildman–Crippen LogP) is 6.07. The van der Waals surface area contributed by atoms with Crippen molar-refractivity contribution in [2.75, 3.05) is 19.6 Å². The van der Waals surface area contributed by atoms with E-state index >= 15 is 0 Å². The van der Waals surface area contributed by atoms with Gasteiger partial charge in [-0.2, -0.15) is 0 Å². The quantitative estimate of drug-likeness (QED) is 0.356. The smallest absolute Gasteiger partial charge is 0.304 e. The largest absolute Gasteiger partial charge is 0.481 e. The van der Waals surface area contributed by atoms with E-state index < -0.39 is 5.97 Å². The predicted molar refractivity (Wildman–Crippen MR) is 149 cm³/mol. The first-order valence-corrected chi connectivity index (χ1v) is 13.3. The minimum Gasteiger partial charge on any atom is -0.481 e. The Bertz CT molecular complexity index is 1200. The molecular weight excluding hydrogens is 460 g/mol. The van der Waals surface area contributed by atoms with Crippen LogP contribution in [0.4, 0.5) is 0 Å². The van der Waals surface area contributed by atoms with Crippen LogP contribution in [0.2, 0.25) is 0 Å². The van der Waals surface area contributed by atoms with Crippen molar-refractivity contribution >= 4 is 11.9 Å². The molecular formula is C32H38N2O3. The Kier molecular flexibility index (Phi) is 8.78. The number of piperidine rings is 1. The second-order valence-corrected chi connectivity index (χ2v) is 10.6. The van der Waals surface area contributed by atoms with Crippen molar-refractivity contribution in [3.05, 3.63) is 95.6 Å². The van der Waals surface area contributed by atoms with Gasteiger partial charge in [-0.25, -0.2) is 0 Å². The van der Waals surface area contributed by atoms with Gasteiger partial charge in [-0.05, 0) is 61.9 Å². The molecule has 1 amide bonds. The molecule has 0 radical (unpaired) electrons. The second kappa shape index (κ2) is 12.2. The number of hydrogen-bond donors (Lipinski definition) is 2. The average molecular weight is 499 g/mol. The lowest BCUT2D eigenvalue weighted by atomic mass is 9.76. The summed E-state index contributed by atoms with van der Waals surface area (Å²) < 4.78 is 0. The Morgan fingerprint density at radius 3 is 2.38 bits per heavy atom. The molecule has 0 saturated carbocycles. The highest BCUT2D eigenvalue weighted by Gasteiger charge is 2.30. The summed E-state index contributed by atoms with van der Waals surface area (Å²) in [6, 6.07) is 26.2. The zero-order valence-corrected chi connectivity index (χ0v) is 22.0. The van der Waals surface area contributed by atoms with Crippen LogP contribution in [0, 0.1) is 6.92 Å². The van der Waals surface area contributed by atoms with E-state index in [-0.39, 0.29) is 23.8 Å². The van der Waals surface area contributed by atoms with Crippen molar-refractivity contribution in [1.82, 2.24) is 10.2 Å². The molecule has 5 nitrogen and oxygen atoms in total. The molecule has 0 bridgehead atoms. The summed E-state index contributed by atoms with van der Waals surface area (Å²) in [4.78, 5) is 27.2. The highest BCUT2D eigenvalue weighted by molar-refractivity contribution is 6.01. The normalized spacial score (nSPS) is 16.2. The van der Waals surface area contributed by atoms with Crippen molar-refractivity contribution < 1.29 is 14.7 Å². The number of hydrogen-bond acceptors (Lipinski definition) is 3. The highest BCUT2D eigenvalue weighted by Crippen LogP contribution is 2.33. The van der Waals surface area contributed by atoms with Crippen LogP contribution in [0.25, 0.3) is 11.1 Å². The molecule has 1 aliphatic heterocycles. The molecule has 0 aromatic heterocycles. The van der Waals surface area contributed by atoms with Gasteiger partial charge in [-0.15, -0.1) is 0 Å². The van der Waals surface area contributed by atoms with Gasteiger partial charge in [-0.1, -0.05) is 85.3 Å². The van der Waals surface area contributed by atoms with Gasteiger partial charge in [0.15, 0.2) is 0 Å². The summed E-state index contributed by atoms with van der Waals surface area (Å²) in [5, 5.41) is 12.8. The molecule has 3 aromatic carbocycles. The van der Waals surface area contributed by atoms with Crippen molar-refractivity contribution in [2.45, 2.75) is 57.4 Å². The molecule has 1 unspecified atom stereocenters. The molecule has 1 fully saturated rings. The topological polar surface area (TPSA) is 69.6 Å². The van der Waals surface area contributed by atoms with Crippen molar-refractivity contribution in [3.8, 4) is 11.1 Å². The Labute approximate surface area is 220 Å². The fourth-order valence-corrected chi connectivity index (χ4v) is 5.51. The summed E-state index contributed by atoms with van der Waals surface area (Å²) in [5.74, 6) is -0.769. The van der Waals surface area contributed by atoms with E-state index in [0.717, 1.165) is 62.0 Å². The number of rotatable bonds is 10. The molecule has 5 heteroatoms. The number of benzene rings is 3. The molecule has 1 atom stereocenters. The van der Waals surface area contributed by atoms with E-state index in [0.29, 0.717) is 5.56 Å². The number of carbonyl (C=O) groups is 2. The first-order chi connectivity index (χ1) is 17.8. The molecule has 4 rings (SSSR count). The number of carboxylic acids is 1. The highest BCUT2D eigenvalue weighted by atomic mass is 16.4. The van der Waals surface area contributed by atoms with Crippen LogP contribution < -0.4 is 5.32 Å². The first kappa shape index (κ1) is 26.6. The number of amides is 1. The fraction of sp³-hybridized carbons (Fsp3) is 0.375.